The van der Waals surface area contributed by atoms with Crippen molar-refractivity contribution in [3.63, 3.8) is 0 Å². The van der Waals surface area contributed by atoms with E-state index in [0.717, 1.165) is 16.7 Å². The van der Waals surface area contributed by atoms with Gasteiger partial charge in [-0.05, 0) is 18.2 Å². The van der Waals surface area contributed by atoms with E-state index >= 15 is 0 Å². The van der Waals surface area contributed by atoms with Crippen LogP contribution in [0.15, 0.2) is 46.2 Å². The van der Waals surface area contributed by atoms with Crippen LogP contribution in [-0.2, 0) is 20.3 Å². The Morgan fingerprint density at radius 2 is 1.70 bits per heavy atom. The number of hydrogen-bond acceptors (Lipinski definition) is 2. The second-order valence-electron chi connectivity index (χ2n) is 5.22. The lowest BCUT2D eigenvalue weighted by Gasteiger charge is -2.09. The lowest BCUT2D eigenvalue weighted by molar-refractivity contribution is -0.137. The fraction of sp³-hybridized carbons (Fsp3) is 0.200. The summed E-state index contributed by atoms with van der Waals surface area (Å²) >= 11 is 0. The zero-order valence-electron chi connectivity index (χ0n) is 12.3. The lowest BCUT2D eigenvalue weighted by Crippen LogP contribution is -2.36. The summed E-state index contributed by atoms with van der Waals surface area (Å²) in [6.07, 6.45) is -1.56. The van der Waals surface area contributed by atoms with Crippen molar-refractivity contribution in [3.8, 4) is 5.69 Å². The molecule has 2 aromatic heterocycles. The van der Waals surface area contributed by atoms with Gasteiger partial charge in [0.05, 0.1) is 16.5 Å². The van der Waals surface area contributed by atoms with Gasteiger partial charge < -0.3 is 4.57 Å². The molecule has 0 aliphatic heterocycles. The number of nitrogens with zero attached hydrogens (tertiary/aromatic N) is 3. The Bertz CT molecular complexity index is 1030. The second kappa shape index (κ2) is 4.87. The molecule has 0 aliphatic rings. The van der Waals surface area contributed by atoms with E-state index in [1.54, 1.807) is 0 Å². The quantitative estimate of drug-likeness (QED) is 0.688. The summed E-state index contributed by atoms with van der Waals surface area (Å²) in [7, 11) is 2.85. The molecule has 0 saturated carbocycles. The average Bonchev–Trinajstić information content (AvgIpc) is 2.95. The predicted octanol–water partition coefficient (Wildman–Crippen LogP) is 2.05. The molecule has 8 heteroatoms. The summed E-state index contributed by atoms with van der Waals surface area (Å²) in [5.74, 6) is 0. The molecule has 0 unspecified atom stereocenters. The van der Waals surface area contributed by atoms with E-state index in [1.807, 2.05) is 0 Å². The van der Waals surface area contributed by atoms with Crippen molar-refractivity contribution in [2.75, 3.05) is 0 Å². The zero-order chi connectivity index (χ0) is 16.9. The van der Waals surface area contributed by atoms with Crippen LogP contribution in [0.4, 0.5) is 13.2 Å². The van der Waals surface area contributed by atoms with Crippen molar-refractivity contribution >= 4 is 10.9 Å². The first-order valence-electron chi connectivity index (χ1n) is 6.65. The normalized spacial score (nSPS) is 12.0. The molecule has 1 aromatic carbocycles. The van der Waals surface area contributed by atoms with Gasteiger partial charge in [0.2, 0.25) is 0 Å². The predicted molar refractivity (Wildman–Crippen MR) is 78.8 cm³/mol. The van der Waals surface area contributed by atoms with Crippen LogP contribution in [0.5, 0.6) is 0 Å². The molecule has 120 valence electrons. The molecule has 0 radical (unpaired) electrons. The van der Waals surface area contributed by atoms with Crippen LogP contribution in [-0.4, -0.2) is 13.7 Å². The van der Waals surface area contributed by atoms with Crippen molar-refractivity contribution in [1.29, 1.82) is 0 Å². The third kappa shape index (κ3) is 2.36. The Morgan fingerprint density at radius 3 is 2.35 bits per heavy atom. The van der Waals surface area contributed by atoms with Gasteiger partial charge in [-0.1, -0.05) is 6.07 Å². The fourth-order valence-corrected chi connectivity index (χ4v) is 2.46. The number of hydrogen-bond donors (Lipinski definition) is 0. The van der Waals surface area contributed by atoms with Gasteiger partial charge in [0.15, 0.2) is 0 Å². The largest absolute Gasteiger partial charge is 0.416 e. The number of halogens is 3. The van der Waals surface area contributed by atoms with Crippen LogP contribution >= 0.6 is 0 Å². The number of aryl methyl sites for hydroxylation is 1. The highest BCUT2D eigenvalue weighted by molar-refractivity contribution is 5.78. The van der Waals surface area contributed by atoms with Gasteiger partial charge in [-0.15, -0.1) is 0 Å². The van der Waals surface area contributed by atoms with Gasteiger partial charge in [0, 0.05) is 32.2 Å². The van der Waals surface area contributed by atoms with Crippen molar-refractivity contribution in [2.45, 2.75) is 6.18 Å². The molecule has 0 N–H and O–H groups in total. The first-order chi connectivity index (χ1) is 10.7. The third-order valence-corrected chi connectivity index (χ3v) is 3.75. The minimum Gasteiger partial charge on any atom is -0.321 e. The fourth-order valence-electron chi connectivity index (χ4n) is 2.46. The van der Waals surface area contributed by atoms with Gasteiger partial charge in [0.1, 0.15) is 0 Å². The molecule has 0 aliphatic carbocycles. The zero-order valence-corrected chi connectivity index (χ0v) is 12.3. The van der Waals surface area contributed by atoms with Crippen molar-refractivity contribution in [2.24, 2.45) is 14.1 Å². The maximum absolute atomic E-state index is 12.8. The lowest BCUT2D eigenvalue weighted by atomic mass is 10.2. The monoisotopic (exact) mass is 323 g/mol. The van der Waals surface area contributed by atoms with E-state index in [4.69, 9.17) is 0 Å². The molecule has 0 saturated heterocycles. The molecule has 23 heavy (non-hydrogen) atoms. The Labute approximate surface area is 127 Å². The topological polar surface area (TPSA) is 48.9 Å². The maximum atomic E-state index is 12.8. The molecule has 0 spiro atoms. The van der Waals surface area contributed by atoms with E-state index in [1.165, 1.54) is 47.8 Å². The molecule has 2 heterocycles. The van der Waals surface area contributed by atoms with Crippen molar-refractivity contribution < 1.29 is 13.2 Å². The minimum absolute atomic E-state index is 0.255. The van der Waals surface area contributed by atoms with Gasteiger partial charge in [-0.25, -0.2) is 4.79 Å². The highest BCUT2D eigenvalue weighted by atomic mass is 19.4. The Hall–Kier alpha value is -2.77. The first-order valence-corrected chi connectivity index (χ1v) is 6.65. The Morgan fingerprint density at radius 1 is 1.00 bits per heavy atom. The highest BCUT2D eigenvalue weighted by Gasteiger charge is 2.30. The minimum atomic E-state index is -4.45. The van der Waals surface area contributed by atoms with Gasteiger partial charge in [0.25, 0.3) is 5.56 Å². The summed E-state index contributed by atoms with van der Waals surface area (Å²) in [5.41, 5.74) is -1.16. The van der Waals surface area contributed by atoms with E-state index in [9.17, 15) is 22.8 Å². The van der Waals surface area contributed by atoms with Crippen LogP contribution in [0.2, 0.25) is 0 Å². The number of alkyl halides is 3. The maximum Gasteiger partial charge on any atom is 0.416 e. The molecule has 3 aromatic rings. The van der Waals surface area contributed by atoms with Gasteiger partial charge >= 0.3 is 11.9 Å². The summed E-state index contributed by atoms with van der Waals surface area (Å²) in [4.78, 5) is 24.0. The smallest absolute Gasteiger partial charge is 0.321 e. The SMILES string of the molecule is Cn1c(=O)c2cn(-c3cccc(C(F)(F)F)c3)cc2n(C)c1=O. The van der Waals surface area contributed by atoms with Gasteiger partial charge in [-0.3, -0.25) is 13.9 Å². The molecule has 3 rings (SSSR count). The van der Waals surface area contributed by atoms with Crippen LogP contribution in [0.1, 0.15) is 5.56 Å². The number of aromatic nitrogens is 3. The second-order valence-corrected chi connectivity index (χ2v) is 5.22. The highest BCUT2D eigenvalue weighted by Crippen LogP contribution is 2.30. The number of benzene rings is 1. The molecule has 0 atom stereocenters. The van der Waals surface area contributed by atoms with Crippen LogP contribution in [0.3, 0.4) is 0 Å². The molecular weight excluding hydrogens is 311 g/mol. The molecule has 0 fully saturated rings. The van der Waals surface area contributed by atoms with Gasteiger partial charge in [-0.2, -0.15) is 13.2 Å². The Kier molecular flexibility index (Phi) is 3.20. The van der Waals surface area contributed by atoms with E-state index in [0.29, 0.717) is 5.52 Å². The van der Waals surface area contributed by atoms with Crippen LogP contribution in [0, 0.1) is 0 Å². The summed E-state index contributed by atoms with van der Waals surface area (Å²) < 4.78 is 42.1. The van der Waals surface area contributed by atoms with Crippen LogP contribution in [0.25, 0.3) is 16.6 Å². The van der Waals surface area contributed by atoms with Crippen molar-refractivity contribution in [1.82, 2.24) is 13.7 Å². The average molecular weight is 323 g/mol. The first kappa shape index (κ1) is 15.1. The molecule has 0 bridgehead atoms. The molecule has 5 nitrogen and oxygen atoms in total. The summed E-state index contributed by atoms with van der Waals surface area (Å²) in [6.45, 7) is 0. The van der Waals surface area contributed by atoms with Crippen LogP contribution < -0.4 is 11.2 Å². The standard InChI is InChI=1S/C15H12F3N3O2/c1-19-12-8-21(7-11(12)13(22)20(2)14(19)23)10-5-3-4-9(6-10)15(16,17)18/h3-8H,1-2H3. The van der Waals surface area contributed by atoms with Crippen molar-refractivity contribution in [3.05, 3.63) is 63.1 Å². The summed E-state index contributed by atoms with van der Waals surface area (Å²) in [6, 6.07) is 4.75. The third-order valence-electron chi connectivity index (χ3n) is 3.75. The molecule has 0 amide bonds. The Balaban J connectivity index is 2.27. The summed E-state index contributed by atoms with van der Waals surface area (Å²) in [5, 5.41) is 0.256. The van der Waals surface area contributed by atoms with E-state index in [-0.39, 0.29) is 11.1 Å². The molecular formula is C15H12F3N3O2. The van der Waals surface area contributed by atoms with E-state index < -0.39 is 23.0 Å². The number of fused-ring (bicyclic) bond motifs is 1. The van der Waals surface area contributed by atoms with E-state index in [2.05, 4.69) is 0 Å². The number of rotatable bonds is 1.